The Morgan fingerprint density at radius 2 is 1.26 bits per heavy atom. The molecule has 2 atom stereocenters. The van der Waals surface area contributed by atoms with Gasteiger partial charge in [-0.05, 0) is 37.5 Å². The summed E-state index contributed by atoms with van der Waals surface area (Å²) in [6, 6.07) is 0. The number of rotatable bonds is 12. The summed E-state index contributed by atoms with van der Waals surface area (Å²) in [6.45, 7) is 13.3. The Balaban J connectivity index is 3.52. The van der Waals surface area contributed by atoms with E-state index in [1.807, 2.05) is 12.2 Å². The Kier molecular flexibility index (Phi) is 12.6. The van der Waals surface area contributed by atoms with Crippen LogP contribution in [0.5, 0.6) is 0 Å². The van der Waals surface area contributed by atoms with Gasteiger partial charge in [-0.1, -0.05) is 50.3 Å². The van der Waals surface area contributed by atoms with Gasteiger partial charge >= 0.3 is 0 Å². The highest BCUT2D eigenvalue weighted by Gasteiger charge is 1.94. The van der Waals surface area contributed by atoms with Gasteiger partial charge in [-0.15, -0.1) is 13.2 Å². The van der Waals surface area contributed by atoms with Gasteiger partial charge in [-0.3, -0.25) is 0 Å². The minimum Gasteiger partial charge on any atom is -0.373 e. The van der Waals surface area contributed by atoms with Crippen molar-refractivity contribution in [3.05, 3.63) is 49.6 Å². The molecule has 0 N–H and O–H groups in total. The van der Waals surface area contributed by atoms with E-state index < -0.39 is 0 Å². The fourth-order valence-electron chi connectivity index (χ4n) is 1.73. The van der Waals surface area contributed by atoms with Crippen LogP contribution in [0.15, 0.2) is 49.6 Å². The topological polar surface area (TPSA) is 9.23 Å². The van der Waals surface area contributed by atoms with Crippen LogP contribution in [-0.4, -0.2) is 13.2 Å². The third-order valence-electron chi connectivity index (χ3n) is 3.01. The normalized spacial score (nSPS) is 14.8. The molecule has 0 aliphatic heterocycles. The molecule has 0 saturated heterocycles. The highest BCUT2D eigenvalue weighted by Crippen LogP contribution is 2.08. The van der Waals surface area contributed by atoms with Crippen LogP contribution >= 0.6 is 0 Å². The molecule has 0 spiro atoms. The molecular weight excluding hydrogens is 232 g/mol. The molecule has 0 fully saturated rings. The average molecular weight is 262 g/mol. The summed E-state index contributed by atoms with van der Waals surface area (Å²) in [5.41, 5.74) is 0. The number of ether oxygens (including phenoxy) is 1. The van der Waals surface area contributed by atoms with Crippen molar-refractivity contribution in [1.29, 1.82) is 0 Å². The molecule has 0 heterocycles. The molecule has 1 nitrogen and oxygen atoms in total. The lowest BCUT2D eigenvalue weighted by Gasteiger charge is -2.04. The fourth-order valence-corrected chi connectivity index (χ4v) is 1.73. The Labute approximate surface area is 119 Å². The minimum absolute atomic E-state index is 0.607. The van der Waals surface area contributed by atoms with Crippen LogP contribution in [0.25, 0.3) is 0 Å². The molecule has 1 heteroatoms. The lowest BCUT2D eigenvalue weighted by atomic mass is 10.1. The second kappa shape index (κ2) is 13.4. The van der Waals surface area contributed by atoms with Crippen LogP contribution in [0.4, 0.5) is 0 Å². The van der Waals surface area contributed by atoms with Crippen LogP contribution in [-0.2, 0) is 4.74 Å². The van der Waals surface area contributed by atoms with Gasteiger partial charge in [0.2, 0.25) is 0 Å². The maximum Gasteiger partial charge on any atom is 0.0651 e. The van der Waals surface area contributed by atoms with E-state index >= 15 is 0 Å². The predicted molar refractivity (Wildman–Crippen MR) is 86.3 cm³/mol. The maximum absolute atomic E-state index is 5.53. The predicted octanol–water partition coefficient (Wildman–Crippen LogP) is 5.32. The summed E-state index contributed by atoms with van der Waals surface area (Å²) < 4.78 is 5.53. The van der Waals surface area contributed by atoms with E-state index in [0.29, 0.717) is 25.0 Å². The third kappa shape index (κ3) is 13.2. The molecule has 0 aliphatic rings. The first-order valence-electron chi connectivity index (χ1n) is 7.33. The zero-order valence-electron chi connectivity index (χ0n) is 12.7. The van der Waals surface area contributed by atoms with Crippen molar-refractivity contribution in [2.45, 2.75) is 39.5 Å². The second-order valence-corrected chi connectivity index (χ2v) is 5.08. The lowest BCUT2D eigenvalue weighted by Crippen LogP contribution is -1.94. The molecule has 0 amide bonds. The molecule has 0 radical (unpaired) electrons. The number of allylic oxidation sites excluding steroid dienone is 4. The second-order valence-electron chi connectivity index (χ2n) is 5.08. The molecule has 0 aliphatic carbocycles. The van der Waals surface area contributed by atoms with Crippen molar-refractivity contribution in [2.75, 3.05) is 13.2 Å². The summed E-state index contributed by atoms with van der Waals surface area (Å²) in [6.07, 6.45) is 17.1. The highest BCUT2D eigenvalue weighted by molar-refractivity contribution is 4.90. The van der Waals surface area contributed by atoms with E-state index in [-0.39, 0.29) is 0 Å². The van der Waals surface area contributed by atoms with Crippen molar-refractivity contribution in [1.82, 2.24) is 0 Å². The molecule has 108 valence electrons. The Morgan fingerprint density at radius 3 is 1.63 bits per heavy atom. The van der Waals surface area contributed by atoms with E-state index in [9.17, 15) is 0 Å². The Hall–Kier alpha value is -1.08. The van der Waals surface area contributed by atoms with E-state index in [2.05, 4.69) is 51.3 Å². The van der Waals surface area contributed by atoms with Crippen LogP contribution in [0.1, 0.15) is 39.5 Å². The van der Waals surface area contributed by atoms with Crippen molar-refractivity contribution in [3.63, 3.8) is 0 Å². The zero-order valence-corrected chi connectivity index (χ0v) is 12.7. The molecule has 0 bridgehead atoms. The minimum atomic E-state index is 0.607. The van der Waals surface area contributed by atoms with E-state index in [1.54, 1.807) is 0 Å². The summed E-state index contributed by atoms with van der Waals surface area (Å²) in [5.74, 6) is 1.21. The third-order valence-corrected chi connectivity index (χ3v) is 3.01. The summed E-state index contributed by atoms with van der Waals surface area (Å²) in [7, 11) is 0. The molecule has 0 saturated carbocycles. The molecule has 0 rings (SSSR count). The molecule has 0 aromatic rings. The van der Waals surface area contributed by atoms with Gasteiger partial charge in [0.25, 0.3) is 0 Å². The van der Waals surface area contributed by atoms with Gasteiger partial charge in [-0.2, -0.15) is 0 Å². The van der Waals surface area contributed by atoms with Crippen LogP contribution in [0, 0.1) is 11.8 Å². The first-order valence-corrected chi connectivity index (χ1v) is 7.33. The zero-order chi connectivity index (χ0) is 14.3. The fraction of sp³-hybridized carbons (Fsp3) is 0.556. The monoisotopic (exact) mass is 262 g/mol. The Bertz CT molecular complexity index is 247. The van der Waals surface area contributed by atoms with Crippen molar-refractivity contribution in [2.24, 2.45) is 11.8 Å². The van der Waals surface area contributed by atoms with Gasteiger partial charge < -0.3 is 4.74 Å². The molecule has 19 heavy (non-hydrogen) atoms. The van der Waals surface area contributed by atoms with E-state index in [0.717, 1.165) is 12.8 Å². The summed E-state index contributed by atoms with van der Waals surface area (Å²) >= 11 is 0. The number of hydrogen-bond donors (Lipinski definition) is 0. The summed E-state index contributed by atoms with van der Waals surface area (Å²) in [5, 5.41) is 0. The smallest absolute Gasteiger partial charge is 0.0651 e. The first kappa shape index (κ1) is 17.9. The largest absolute Gasteiger partial charge is 0.373 e. The highest BCUT2D eigenvalue weighted by atomic mass is 16.5. The number of hydrogen-bond acceptors (Lipinski definition) is 1. The van der Waals surface area contributed by atoms with Crippen LogP contribution in [0.2, 0.25) is 0 Å². The van der Waals surface area contributed by atoms with Gasteiger partial charge in [0.1, 0.15) is 0 Å². The molecular formula is C18H30O. The quantitative estimate of drug-likeness (QED) is 0.341. The summed E-state index contributed by atoms with van der Waals surface area (Å²) in [4.78, 5) is 0. The van der Waals surface area contributed by atoms with E-state index in [1.165, 1.54) is 12.8 Å². The maximum atomic E-state index is 5.53. The van der Waals surface area contributed by atoms with Gasteiger partial charge in [0.15, 0.2) is 0 Å². The van der Waals surface area contributed by atoms with Crippen molar-refractivity contribution in [3.8, 4) is 0 Å². The van der Waals surface area contributed by atoms with Crippen LogP contribution < -0.4 is 0 Å². The molecule has 0 aromatic heterocycles. The van der Waals surface area contributed by atoms with Gasteiger partial charge in [0.05, 0.1) is 13.2 Å². The van der Waals surface area contributed by atoms with Gasteiger partial charge in [-0.25, -0.2) is 0 Å². The Morgan fingerprint density at radius 1 is 0.842 bits per heavy atom. The molecule has 2 unspecified atom stereocenters. The first-order chi connectivity index (χ1) is 9.20. The van der Waals surface area contributed by atoms with Crippen LogP contribution in [0.3, 0.4) is 0 Å². The average Bonchev–Trinajstić information content (AvgIpc) is 2.41. The van der Waals surface area contributed by atoms with Gasteiger partial charge in [0, 0.05) is 0 Å². The molecule has 0 aromatic carbocycles. The SMILES string of the molecule is C=CCCC(C)/C=C/COC/C=C/C(C)CCC=C. The lowest BCUT2D eigenvalue weighted by molar-refractivity contribution is 0.193. The standard InChI is InChI=1S/C18H30O/c1-5-7-11-17(3)13-9-15-19-16-10-14-18(4)12-8-6-2/h5-6,9-10,13-14,17-18H,1-2,7-8,11-12,15-16H2,3-4H3/b13-9+,14-10+. The van der Waals surface area contributed by atoms with Crippen molar-refractivity contribution >= 4 is 0 Å². The van der Waals surface area contributed by atoms with Crippen molar-refractivity contribution < 1.29 is 4.74 Å². The van der Waals surface area contributed by atoms with E-state index in [4.69, 9.17) is 4.74 Å².